The van der Waals surface area contributed by atoms with Gasteiger partial charge in [0.15, 0.2) is 6.04 Å². The molecular weight excluding hydrogens is 688 g/mol. The Labute approximate surface area is 280 Å². The fourth-order valence-electron chi connectivity index (χ4n) is 6.52. The van der Waals surface area contributed by atoms with Crippen LogP contribution in [-0.4, -0.2) is 62.4 Å². The Morgan fingerprint density at radius 1 is 1.08 bits per heavy atom. The van der Waals surface area contributed by atoms with Gasteiger partial charge in [0.25, 0.3) is 11.8 Å². The van der Waals surface area contributed by atoms with Crippen molar-refractivity contribution in [3.05, 3.63) is 80.3 Å². The van der Waals surface area contributed by atoms with Crippen molar-refractivity contribution >= 4 is 40.7 Å². The van der Waals surface area contributed by atoms with Crippen molar-refractivity contribution in [3.8, 4) is 5.75 Å². The van der Waals surface area contributed by atoms with Crippen LogP contribution >= 0.6 is 22.9 Å². The molecule has 258 valence electrons. The van der Waals surface area contributed by atoms with Crippen LogP contribution in [0.3, 0.4) is 0 Å². The predicted molar refractivity (Wildman–Crippen MR) is 163 cm³/mol. The Hall–Kier alpha value is -3.85. The van der Waals surface area contributed by atoms with Crippen molar-refractivity contribution in [3.63, 3.8) is 0 Å². The number of hydrogen-bond acceptors (Lipinski definition) is 6. The molecule has 0 bridgehead atoms. The lowest BCUT2D eigenvalue weighted by Gasteiger charge is -2.51. The highest BCUT2D eigenvalue weighted by molar-refractivity contribution is 7.10. The minimum atomic E-state index is -4.94. The number of aliphatic carboxylic acids is 1. The molecule has 0 radical (unpaired) electrons. The third kappa shape index (κ3) is 6.84. The van der Waals surface area contributed by atoms with E-state index in [4.69, 9.17) is 16.3 Å². The number of amides is 2. The van der Waals surface area contributed by atoms with E-state index in [1.54, 1.807) is 6.07 Å². The van der Waals surface area contributed by atoms with Gasteiger partial charge in [0.1, 0.15) is 16.3 Å². The van der Waals surface area contributed by atoms with Gasteiger partial charge in [-0.15, -0.1) is 11.3 Å². The molecule has 1 saturated heterocycles. The topological polar surface area (TPSA) is 100 Å². The number of aromatic nitrogens is 1. The van der Waals surface area contributed by atoms with Gasteiger partial charge >= 0.3 is 18.3 Å². The summed E-state index contributed by atoms with van der Waals surface area (Å²) in [6.45, 7) is 1.56. The highest BCUT2D eigenvalue weighted by Crippen LogP contribution is 2.44. The molecule has 16 heteroatoms. The molecule has 3 aromatic rings. The van der Waals surface area contributed by atoms with Gasteiger partial charge in [-0.3, -0.25) is 14.6 Å². The van der Waals surface area contributed by atoms with Crippen LogP contribution in [0.4, 0.5) is 26.3 Å². The van der Waals surface area contributed by atoms with E-state index in [0.717, 1.165) is 27.4 Å². The molecule has 2 aliphatic heterocycles. The normalized spacial score (nSPS) is 21.5. The van der Waals surface area contributed by atoms with Crippen LogP contribution in [0.15, 0.2) is 48.0 Å². The van der Waals surface area contributed by atoms with Crippen LogP contribution in [0, 0.1) is 0 Å². The number of unbranched alkanes of at least 4 members (excludes halogenated alkanes) is 1. The Morgan fingerprint density at radius 3 is 2.48 bits per heavy atom. The van der Waals surface area contributed by atoms with E-state index < -0.39 is 64.0 Å². The number of rotatable bonds is 8. The SMILES string of the molecule is CCCC[C@H]1N(C(=O)c2ncccc2C(F)(F)F)CCC[C@@]1(Oc1csc(C(F)(F)F)c1)C(=O)N1CCc2cc(Cl)ccc2C1C(=O)O. The number of ether oxygens (including phenoxy) is 1. The van der Waals surface area contributed by atoms with Crippen LogP contribution in [-0.2, 0) is 28.4 Å². The summed E-state index contributed by atoms with van der Waals surface area (Å²) in [5.74, 6) is -3.79. The van der Waals surface area contributed by atoms with E-state index in [1.807, 2.05) is 6.92 Å². The highest BCUT2D eigenvalue weighted by Gasteiger charge is 2.57. The number of benzene rings is 1. The van der Waals surface area contributed by atoms with E-state index in [-0.39, 0.29) is 50.1 Å². The molecule has 1 N–H and O–H groups in total. The molecule has 1 unspecified atom stereocenters. The Bertz CT molecular complexity index is 1700. The number of fused-ring (bicyclic) bond motifs is 1. The number of nitrogens with zero attached hydrogens (tertiary/aromatic N) is 3. The number of carbonyl (C=O) groups excluding carboxylic acids is 2. The van der Waals surface area contributed by atoms with E-state index in [9.17, 15) is 45.8 Å². The number of likely N-dealkylation sites (tertiary alicyclic amines) is 1. The molecule has 2 aliphatic rings. The van der Waals surface area contributed by atoms with Gasteiger partial charge in [-0.25, -0.2) is 4.79 Å². The Morgan fingerprint density at radius 2 is 1.83 bits per heavy atom. The standard InChI is InChI=1S/C32H30ClF6N3O5S/c1-2-3-7-23-30(47-20-16-24(48-17-20)32(37,38)39,11-5-13-41(23)27(43)25-22(31(34,35)36)6-4-12-40-25)29(46)42-14-10-18-15-19(33)8-9-21(18)26(42)28(44)45/h4,6,8-9,12,15-17,23,26H,2-3,5,7,10-11,13-14H2,1H3,(H,44,45)/t23-,26?,30+/m1/s1. The summed E-state index contributed by atoms with van der Waals surface area (Å²) in [4.78, 5) is 46.5. The zero-order chi connectivity index (χ0) is 35.0. The van der Waals surface area contributed by atoms with E-state index in [1.165, 1.54) is 12.1 Å². The number of hydrogen-bond donors (Lipinski definition) is 1. The molecule has 1 fully saturated rings. The van der Waals surface area contributed by atoms with Gasteiger partial charge < -0.3 is 19.6 Å². The molecule has 1 aromatic carbocycles. The lowest BCUT2D eigenvalue weighted by atomic mass is 9.78. The molecule has 5 rings (SSSR count). The third-order valence-electron chi connectivity index (χ3n) is 8.61. The summed E-state index contributed by atoms with van der Waals surface area (Å²) >= 11 is 6.45. The van der Waals surface area contributed by atoms with Gasteiger partial charge in [-0.1, -0.05) is 37.4 Å². The van der Waals surface area contributed by atoms with Gasteiger partial charge in [0.05, 0.1) is 11.6 Å². The van der Waals surface area contributed by atoms with Crippen molar-refractivity contribution in [2.75, 3.05) is 13.1 Å². The van der Waals surface area contributed by atoms with Gasteiger partial charge in [-0.2, -0.15) is 26.3 Å². The maximum Gasteiger partial charge on any atom is 0.425 e. The summed E-state index contributed by atoms with van der Waals surface area (Å²) in [6, 6.07) is 4.13. The third-order valence-corrected chi connectivity index (χ3v) is 9.80. The lowest BCUT2D eigenvalue weighted by Crippen LogP contribution is -2.69. The number of halogens is 7. The molecule has 2 amide bonds. The Balaban J connectivity index is 1.66. The minimum Gasteiger partial charge on any atom is -0.479 e. The van der Waals surface area contributed by atoms with Crippen molar-refractivity contribution < 1.29 is 50.6 Å². The number of alkyl halides is 6. The second-order valence-electron chi connectivity index (χ2n) is 11.6. The number of piperidine rings is 1. The number of pyridine rings is 1. The summed E-state index contributed by atoms with van der Waals surface area (Å²) in [5, 5.41) is 11.8. The van der Waals surface area contributed by atoms with Crippen molar-refractivity contribution in [1.29, 1.82) is 0 Å². The van der Waals surface area contributed by atoms with Gasteiger partial charge in [-0.05, 0) is 54.7 Å². The van der Waals surface area contributed by atoms with Crippen LogP contribution in [0.1, 0.15) is 77.1 Å². The molecular formula is C32H30ClF6N3O5S. The average Bonchev–Trinajstić information content (AvgIpc) is 3.51. The first kappa shape index (κ1) is 35.5. The number of carboxylic acids is 1. The fraction of sp³-hybridized carbons (Fsp3) is 0.438. The van der Waals surface area contributed by atoms with Crippen molar-refractivity contribution in [2.45, 2.75) is 75.5 Å². The molecule has 4 heterocycles. The maximum atomic E-state index is 14.9. The number of carbonyl (C=O) groups is 3. The summed E-state index contributed by atoms with van der Waals surface area (Å²) < 4.78 is 89.1. The number of carboxylic acid groups (broad SMARTS) is 1. The predicted octanol–water partition coefficient (Wildman–Crippen LogP) is 7.66. The Kier molecular flexibility index (Phi) is 10.0. The maximum absolute atomic E-state index is 14.9. The second kappa shape index (κ2) is 13.6. The minimum absolute atomic E-state index is 0.00231. The van der Waals surface area contributed by atoms with E-state index in [2.05, 4.69) is 4.98 Å². The van der Waals surface area contributed by atoms with E-state index in [0.29, 0.717) is 46.9 Å². The highest BCUT2D eigenvalue weighted by atomic mass is 35.5. The monoisotopic (exact) mass is 717 g/mol. The molecule has 0 aliphatic carbocycles. The molecule has 3 atom stereocenters. The lowest BCUT2D eigenvalue weighted by molar-refractivity contribution is -0.168. The van der Waals surface area contributed by atoms with E-state index >= 15 is 0 Å². The van der Waals surface area contributed by atoms with Crippen LogP contribution < -0.4 is 4.74 Å². The van der Waals surface area contributed by atoms with Gasteiger partial charge in [0, 0.05) is 42.2 Å². The van der Waals surface area contributed by atoms with Crippen LogP contribution in [0.25, 0.3) is 0 Å². The largest absolute Gasteiger partial charge is 0.479 e. The molecule has 0 saturated carbocycles. The summed E-state index contributed by atoms with van der Waals surface area (Å²) in [5.41, 5.74) is -3.51. The molecule has 8 nitrogen and oxygen atoms in total. The number of thiophene rings is 1. The van der Waals surface area contributed by atoms with Gasteiger partial charge in [0.2, 0.25) is 5.60 Å². The quantitative estimate of drug-likeness (QED) is 0.240. The van der Waals surface area contributed by atoms with Crippen molar-refractivity contribution in [1.82, 2.24) is 14.8 Å². The summed E-state index contributed by atoms with van der Waals surface area (Å²) in [6.07, 6.45) is -7.75. The van der Waals surface area contributed by atoms with Crippen LogP contribution in [0.2, 0.25) is 5.02 Å². The first-order valence-electron chi connectivity index (χ1n) is 15.1. The zero-order valence-electron chi connectivity index (χ0n) is 25.4. The average molecular weight is 718 g/mol. The fourth-order valence-corrected chi connectivity index (χ4v) is 7.40. The zero-order valence-corrected chi connectivity index (χ0v) is 27.0. The second-order valence-corrected chi connectivity index (χ2v) is 13.0. The molecule has 48 heavy (non-hydrogen) atoms. The summed E-state index contributed by atoms with van der Waals surface area (Å²) in [7, 11) is 0. The van der Waals surface area contributed by atoms with Crippen LogP contribution in [0.5, 0.6) is 5.75 Å². The first-order valence-corrected chi connectivity index (χ1v) is 16.3. The van der Waals surface area contributed by atoms with Crippen molar-refractivity contribution in [2.24, 2.45) is 0 Å². The molecule has 0 spiro atoms. The molecule has 2 aromatic heterocycles. The smallest absolute Gasteiger partial charge is 0.425 e. The first-order chi connectivity index (χ1) is 22.6.